The molecule has 0 unspecified atom stereocenters. The zero-order valence-corrected chi connectivity index (χ0v) is 18.1. The quantitative estimate of drug-likeness (QED) is 0.308. The van der Waals surface area contributed by atoms with E-state index in [1.54, 1.807) is 25.1 Å². The van der Waals surface area contributed by atoms with Gasteiger partial charge in [0, 0.05) is 11.1 Å². The van der Waals surface area contributed by atoms with Crippen LogP contribution in [0.3, 0.4) is 0 Å². The summed E-state index contributed by atoms with van der Waals surface area (Å²) in [6.45, 7) is 3.81. The van der Waals surface area contributed by atoms with Crippen molar-refractivity contribution in [1.29, 1.82) is 0 Å². The molecule has 0 spiro atoms. The van der Waals surface area contributed by atoms with Crippen molar-refractivity contribution in [2.75, 3.05) is 0 Å². The van der Waals surface area contributed by atoms with Crippen LogP contribution >= 0.6 is 0 Å². The van der Waals surface area contributed by atoms with Crippen molar-refractivity contribution in [2.24, 2.45) is 5.92 Å². The molecule has 1 aliphatic rings. The molecule has 0 aromatic heterocycles. The number of ketones is 1. The third-order valence-corrected chi connectivity index (χ3v) is 6.63. The van der Waals surface area contributed by atoms with Gasteiger partial charge >= 0.3 is 0 Å². The molecule has 1 aliphatic carbocycles. The number of hydrogen-bond acceptors (Lipinski definition) is 1. The van der Waals surface area contributed by atoms with E-state index in [-0.39, 0.29) is 11.6 Å². The monoisotopic (exact) mass is 394 g/mol. The summed E-state index contributed by atoms with van der Waals surface area (Å²) >= 11 is 0. The molecule has 2 heteroatoms. The van der Waals surface area contributed by atoms with Crippen molar-refractivity contribution in [3.63, 3.8) is 0 Å². The Bertz CT molecular complexity index is 785. The van der Waals surface area contributed by atoms with Gasteiger partial charge in [0.15, 0.2) is 5.78 Å². The SMILES string of the molecule is CCCCCCCC1CCC(c2ccc(-c3ccc(C(C)=O)cc3)c(F)c2)CC1. The Labute approximate surface area is 175 Å². The lowest BCUT2D eigenvalue weighted by Crippen LogP contribution is -2.13. The van der Waals surface area contributed by atoms with Gasteiger partial charge in [-0.25, -0.2) is 4.39 Å². The fourth-order valence-electron chi connectivity index (χ4n) is 4.72. The first-order chi connectivity index (χ1) is 14.1. The van der Waals surface area contributed by atoms with Gasteiger partial charge in [0.25, 0.3) is 0 Å². The van der Waals surface area contributed by atoms with Crippen LogP contribution in [0, 0.1) is 11.7 Å². The molecule has 1 nitrogen and oxygen atoms in total. The van der Waals surface area contributed by atoms with Gasteiger partial charge in [0.05, 0.1) is 0 Å². The summed E-state index contributed by atoms with van der Waals surface area (Å²) in [7, 11) is 0. The number of unbranched alkanes of at least 4 members (excludes halogenated alkanes) is 4. The third-order valence-electron chi connectivity index (χ3n) is 6.63. The van der Waals surface area contributed by atoms with E-state index in [4.69, 9.17) is 0 Å². The van der Waals surface area contributed by atoms with E-state index >= 15 is 0 Å². The molecule has 1 fully saturated rings. The summed E-state index contributed by atoms with van der Waals surface area (Å²) in [5, 5.41) is 0. The molecule has 0 saturated heterocycles. The van der Waals surface area contributed by atoms with Gasteiger partial charge < -0.3 is 0 Å². The van der Waals surface area contributed by atoms with Crippen molar-refractivity contribution >= 4 is 5.78 Å². The highest BCUT2D eigenvalue weighted by Crippen LogP contribution is 2.39. The summed E-state index contributed by atoms with van der Waals surface area (Å²) in [5.41, 5.74) is 3.25. The van der Waals surface area contributed by atoms with Crippen LogP contribution < -0.4 is 0 Å². The summed E-state index contributed by atoms with van der Waals surface area (Å²) < 4.78 is 14.8. The molecule has 0 N–H and O–H groups in total. The van der Waals surface area contributed by atoms with Gasteiger partial charge in [-0.3, -0.25) is 4.79 Å². The molecule has 0 atom stereocenters. The number of carbonyl (C=O) groups is 1. The topological polar surface area (TPSA) is 17.1 Å². The van der Waals surface area contributed by atoms with Crippen LogP contribution in [-0.4, -0.2) is 5.78 Å². The molecular weight excluding hydrogens is 359 g/mol. The van der Waals surface area contributed by atoms with E-state index in [0.717, 1.165) is 17.0 Å². The minimum atomic E-state index is -0.156. The van der Waals surface area contributed by atoms with Gasteiger partial charge in [-0.05, 0) is 61.6 Å². The predicted octanol–water partition coefficient (Wildman–Crippen LogP) is 8.33. The first kappa shape index (κ1) is 21.7. The molecular formula is C27H35FO. The third kappa shape index (κ3) is 6.01. The van der Waals surface area contributed by atoms with Crippen LogP contribution in [0.1, 0.15) is 99.9 Å². The molecule has 0 amide bonds. The number of hydrogen-bond donors (Lipinski definition) is 0. The van der Waals surface area contributed by atoms with Gasteiger partial charge in [-0.15, -0.1) is 0 Å². The largest absolute Gasteiger partial charge is 0.295 e. The van der Waals surface area contributed by atoms with Crippen molar-refractivity contribution in [3.05, 3.63) is 59.4 Å². The molecule has 2 aromatic rings. The van der Waals surface area contributed by atoms with Crippen LogP contribution in [0.4, 0.5) is 4.39 Å². The minimum absolute atomic E-state index is 0.0314. The second kappa shape index (κ2) is 10.7. The van der Waals surface area contributed by atoms with Crippen molar-refractivity contribution in [3.8, 4) is 11.1 Å². The lowest BCUT2D eigenvalue weighted by atomic mass is 9.77. The Morgan fingerprint density at radius 1 is 0.931 bits per heavy atom. The Morgan fingerprint density at radius 2 is 1.62 bits per heavy atom. The van der Waals surface area contributed by atoms with Crippen molar-refractivity contribution in [2.45, 2.75) is 84.0 Å². The first-order valence-electron chi connectivity index (χ1n) is 11.5. The summed E-state index contributed by atoms with van der Waals surface area (Å²) in [4.78, 5) is 11.4. The molecule has 0 bridgehead atoms. The molecule has 156 valence electrons. The van der Waals surface area contributed by atoms with Crippen LogP contribution in [0.25, 0.3) is 11.1 Å². The number of Topliss-reactive ketones (excluding diaryl/α,β-unsaturated/α-hetero) is 1. The van der Waals surface area contributed by atoms with Crippen molar-refractivity contribution < 1.29 is 9.18 Å². The maximum Gasteiger partial charge on any atom is 0.159 e. The van der Waals surface area contributed by atoms with E-state index in [9.17, 15) is 9.18 Å². The van der Waals surface area contributed by atoms with E-state index < -0.39 is 0 Å². The minimum Gasteiger partial charge on any atom is -0.295 e. The summed E-state index contributed by atoms with van der Waals surface area (Å²) in [6.07, 6.45) is 13.1. The zero-order valence-electron chi connectivity index (χ0n) is 18.1. The first-order valence-corrected chi connectivity index (χ1v) is 11.5. The van der Waals surface area contributed by atoms with E-state index in [1.165, 1.54) is 64.2 Å². The molecule has 0 radical (unpaired) electrons. The van der Waals surface area contributed by atoms with Gasteiger partial charge in [0.1, 0.15) is 5.82 Å². The van der Waals surface area contributed by atoms with E-state index in [1.807, 2.05) is 18.2 Å². The van der Waals surface area contributed by atoms with Crippen molar-refractivity contribution in [1.82, 2.24) is 0 Å². The van der Waals surface area contributed by atoms with Gasteiger partial charge in [0.2, 0.25) is 0 Å². The molecule has 29 heavy (non-hydrogen) atoms. The number of rotatable bonds is 9. The highest BCUT2D eigenvalue weighted by Gasteiger charge is 2.23. The molecule has 2 aromatic carbocycles. The number of halogens is 1. The Balaban J connectivity index is 1.55. The predicted molar refractivity (Wildman–Crippen MR) is 120 cm³/mol. The Morgan fingerprint density at radius 3 is 2.24 bits per heavy atom. The van der Waals surface area contributed by atoms with Crippen LogP contribution in [0.2, 0.25) is 0 Å². The van der Waals surface area contributed by atoms with Gasteiger partial charge in [-0.1, -0.05) is 81.8 Å². The molecule has 0 aliphatic heterocycles. The number of carbonyl (C=O) groups excluding carboxylic acids is 1. The summed E-state index contributed by atoms with van der Waals surface area (Å²) in [6, 6.07) is 13.0. The van der Waals surface area contributed by atoms with Crippen LogP contribution in [0.15, 0.2) is 42.5 Å². The fraction of sp³-hybridized carbons (Fsp3) is 0.519. The number of benzene rings is 2. The Kier molecular flexibility index (Phi) is 8.03. The van der Waals surface area contributed by atoms with Gasteiger partial charge in [-0.2, -0.15) is 0 Å². The van der Waals surface area contributed by atoms with Crippen LogP contribution in [-0.2, 0) is 0 Å². The molecule has 1 saturated carbocycles. The van der Waals surface area contributed by atoms with E-state index in [2.05, 4.69) is 13.0 Å². The average molecular weight is 395 g/mol. The summed E-state index contributed by atoms with van der Waals surface area (Å²) in [5.74, 6) is 1.24. The molecule has 0 heterocycles. The maximum atomic E-state index is 14.8. The highest BCUT2D eigenvalue weighted by molar-refractivity contribution is 5.94. The standard InChI is InChI=1S/C27H35FO/c1-3-4-5-6-7-8-21-9-11-23(12-10-21)25-17-18-26(27(28)19-25)24-15-13-22(14-16-24)20(2)29/h13-19,21,23H,3-12H2,1-2H3. The smallest absolute Gasteiger partial charge is 0.159 e. The second-order valence-electron chi connectivity index (χ2n) is 8.79. The second-order valence-corrected chi connectivity index (χ2v) is 8.79. The average Bonchev–Trinajstić information content (AvgIpc) is 2.74. The lowest BCUT2D eigenvalue weighted by molar-refractivity contribution is 0.101. The normalized spacial score (nSPS) is 19.3. The Hall–Kier alpha value is -1.96. The van der Waals surface area contributed by atoms with Crippen LogP contribution in [0.5, 0.6) is 0 Å². The fourth-order valence-corrected chi connectivity index (χ4v) is 4.72. The van der Waals surface area contributed by atoms with E-state index in [0.29, 0.717) is 17.0 Å². The molecule has 3 rings (SSSR count). The maximum absolute atomic E-state index is 14.8. The highest BCUT2D eigenvalue weighted by atomic mass is 19.1. The lowest BCUT2D eigenvalue weighted by Gasteiger charge is -2.29. The zero-order chi connectivity index (χ0) is 20.6.